The van der Waals surface area contributed by atoms with Gasteiger partial charge in [0.05, 0.1) is 6.61 Å². The van der Waals surface area contributed by atoms with E-state index in [4.69, 9.17) is 19.9 Å². The number of hydrogen-bond acceptors (Lipinski definition) is 5. The predicted molar refractivity (Wildman–Crippen MR) is 77.4 cm³/mol. The molecule has 5 nitrogen and oxygen atoms in total. The smallest absolute Gasteiger partial charge is 0.325 e. The molecule has 1 unspecified atom stereocenters. The predicted octanol–water partition coefficient (Wildman–Crippen LogP) is 1.88. The van der Waals surface area contributed by atoms with Crippen LogP contribution in [0.25, 0.3) is 0 Å². The lowest BCUT2D eigenvalue weighted by molar-refractivity contribution is -0.149. The normalized spacial score (nSPS) is 19.6. The quantitative estimate of drug-likeness (QED) is 0.518. The molecule has 0 spiro atoms. The van der Waals surface area contributed by atoms with Crippen molar-refractivity contribution in [2.24, 2.45) is 11.7 Å². The summed E-state index contributed by atoms with van der Waals surface area (Å²) in [6, 6.07) is 0. The Hall–Kier alpha value is -0.650. The molecule has 5 heteroatoms. The summed E-state index contributed by atoms with van der Waals surface area (Å²) >= 11 is 0. The second-order valence-electron chi connectivity index (χ2n) is 5.73. The van der Waals surface area contributed by atoms with Crippen LogP contribution < -0.4 is 5.73 Å². The molecular formula is C15H29NO4. The lowest BCUT2D eigenvalue weighted by atomic mass is 9.96. The van der Waals surface area contributed by atoms with Crippen LogP contribution in [0.2, 0.25) is 0 Å². The summed E-state index contributed by atoms with van der Waals surface area (Å²) in [7, 11) is 0. The first-order valence-corrected chi connectivity index (χ1v) is 7.68. The van der Waals surface area contributed by atoms with E-state index in [1.807, 2.05) is 0 Å². The zero-order valence-electron chi connectivity index (χ0n) is 12.9. The van der Waals surface area contributed by atoms with E-state index < -0.39 is 5.54 Å². The molecule has 0 radical (unpaired) electrons. The van der Waals surface area contributed by atoms with Gasteiger partial charge < -0.3 is 19.9 Å². The molecule has 1 atom stereocenters. The fourth-order valence-corrected chi connectivity index (χ4v) is 2.26. The molecule has 2 N–H and O–H groups in total. The second-order valence-corrected chi connectivity index (χ2v) is 5.73. The van der Waals surface area contributed by atoms with Crippen LogP contribution >= 0.6 is 0 Å². The van der Waals surface area contributed by atoms with E-state index in [1.54, 1.807) is 13.8 Å². The van der Waals surface area contributed by atoms with Crippen LogP contribution in [-0.2, 0) is 19.0 Å². The summed E-state index contributed by atoms with van der Waals surface area (Å²) in [6.45, 7) is 7.17. The molecule has 0 aromatic rings. The molecule has 0 bridgehead atoms. The fraction of sp³-hybridized carbons (Fsp3) is 0.933. The van der Waals surface area contributed by atoms with Crippen molar-refractivity contribution in [2.75, 3.05) is 33.0 Å². The number of hydrogen-bond donors (Lipinski definition) is 1. The molecule has 0 aromatic carbocycles. The monoisotopic (exact) mass is 287 g/mol. The minimum Gasteiger partial charge on any atom is -0.465 e. The first kappa shape index (κ1) is 17.4. The van der Waals surface area contributed by atoms with Gasteiger partial charge in [-0.2, -0.15) is 0 Å². The van der Waals surface area contributed by atoms with E-state index in [-0.39, 0.29) is 5.97 Å². The molecule has 0 aromatic heterocycles. The Balaban J connectivity index is 2.02. The molecule has 1 aliphatic heterocycles. The van der Waals surface area contributed by atoms with Gasteiger partial charge in [0, 0.05) is 26.4 Å². The summed E-state index contributed by atoms with van der Waals surface area (Å²) in [5.74, 6) is 0.325. The van der Waals surface area contributed by atoms with Gasteiger partial charge in [-0.3, -0.25) is 4.79 Å². The largest absolute Gasteiger partial charge is 0.465 e. The first-order valence-electron chi connectivity index (χ1n) is 7.68. The van der Waals surface area contributed by atoms with E-state index in [0.29, 0.717) is 18.9 Å². The molecule has 1 heterocycles. The molecule has 0 amide bonds. The van der Waals surface area contributed by atoms with Crippen LogP contribution in [0.3, 0.4) is 0 Å². The number of nitrogens with two attached hydrogens (primary N) is 1. The van der Waals surface area contributed by atoms with E-state index in [0.717, 1.165) is 52.1 Å². The lowest BCUT2D eigenvalue weighted by Gasteiger charge is -2.23. The van der Waals surface area contributed by atoms with Crippen molar-refractivity contribution >= 4 is 5.97 Å². The average molecular weight is 287 g/mol. The number of ether oxygens (including phenoxy) is 3. The van der Waals surface area contributed by atoms with Crippen LogP contribution in [0.5, 0.6) is 0 Å². The van der Waals surface area contributed by atoms with Gasteiger partial charge in [-0.05, 0) is 51.9 Å². The Kier molecular flexibility index (Phi) is 8.11. The third-order valence-corrected chi connectivity index (χ3v) is 3.67. The van der Waals surface area contributed by atoms with E-state index in [9.17, 15) is 4.79 Å². The van der Waals surface area contributed by atoms with Crippen molar-refractivity contribution < 1.29 is 19.0 Å². The molecule has 20 heavy (non-hydrogen) atoms. The van der Waals surface area contributed by atoms with Crippen LogP contribution in [0.4, 0.5) is 0 Å². The SMILES string of the molecule is CCOC(=O)C(C)(N)CCCCOCC1CCOCC1. The van der Waals surface area contributed by atoms with Crippen molar-refractivity contribution in [2.45, 2.75) is 51.5 Å². The molecule has 118 valence electrons. The minimum absolute atomic E-state index is 0.317. The van der Waals surface area contributed by atoms with Gasteiger partial charge in [-0.25, -0.2) is 0 Å². The maximum Gasteiger partial charge on any atom is 0.325 e. The highest BCUT2D eigenvalue weighted by Crippen LogP contribution is 2.16. The zero-order chi connectivity index (χ0) is 14.8. The highest BCUT2D eigenvalue weighted by Gasteiger charge is 2.28. The van der Waals surface area contributed by atoms with Gasteiger partial charge >= 0.3 is 5.97 Å². The summed E-state index contributed by atoms with van der Waals surface area (Å²) in [6.07, 6.45) is 4.63. The van der Waals surface area contributed by atoms with E-state index >= 15 is 0 Å². The Bertz CT molecular complexity index is 275. The Morgan fingerprint density at radius 3 is 2.70 bits per heavy atom. The van der Waals surface area contributed by atoms with E-state index in [1.165, 1.54) is 0 Å². The first-order chi connectivity index (χ1) is 9.56. The van der Waals surface area contributed by atoms with Crippen LogP contribution in [0, 0.1) is 5.92 Å². The topological polar surface area (TPSA) is 70.8 Å². The van der Waals surface area contributed by atoms with Crippen LogP contribution in [-0.4, -0.2) is 44.5 Å². The van der Waals surface area contributed by atoms with E-state index in [2.05, 4.69) is 0 Å². The Labute approximate surface area is 122 Å². The Morgan fingerprint density at radius 1 is 1.35 bits per heavy atom. The number of carbonyl (C=O) groups is 1. The fourth-order valence-electron chi connectivity index (χ4n) is 2.26. The van der Waals surface area contributed by atoms with Crippen molar-refractivity contribution in [3.63, 3.8) is 0 Å². The molecular weight excluding hydrogens is 258 g/mol. The van der Waals surface area contributed by atoms with Gasteiger partial charge in [0.15, 0.2) is 0 Å². The Morgan fingerprint density at radius 2 is 2.05 bits per heavy atom. The highest BCUT2D eigenvalue weighted by atomic mass is 16.5. The van der Waals surface area contributed by atoms with Crippen molar-refractivity contribution in [3.05, 3.63) is 0 Å². The highest BCUT2D eigenvalue weighted by molar-refractivity contribution is 5.79. The number of rotatable bonds is 9. The molecule has 1 fully saturated rings. The second kappa shape index (κ2) is 9.32. The summed E-state index contributed by atoms with van der Waals surface area (Å²) in [4.78, 5) is 11.6. The van der Waals surface area contributed by atoms with Gasteiger partial charge in [-0.15, -0.1) is 0 Å². The summed E-state index contributed by atoms with van der Waals surface area (Å²) in [5.41, 5.74) is 5.07. The van der Waals surface area contributed by atoms with Gasteiger partial charge in [-0.1, -0.05) is 0 Å². The minimum atomic E-state index is -0.878. The zero-order valence-corrected chi connectivity index (χ0v) is 12.9. The third kappa shape index (κ3) is 6.68. The average Bonchev–Trinajstić information content (AvgIpc) is 2.44. The lowest BCUT2D eigenvalue weighted by Crippen LogP contribution is -2.46. The van der Waals surface area contributed by atoms with Gasteiger partial charge in [0.2, 0.25) is 0 Å². The number of carbonyl (C=O) groups excluding carboxylic acids is 1. The third-order valence-electron chi connectivity index (χ3n) is 3.67. The van der Waals surface area contributed by atoms with Gasteiger partial charge in [0.1, 0.15) is 5.54 Å². The molecule has 1 rings (SSSR count). The molecule has 1 saturated heterocycles. The van der Waals surface area contributed by atoms with Crippen molar-refractivity contribution in [1.29, 1.82) is 0 Å². The maximum atomic E-state index is 11.6. The van der Waals surface area contributed by atoms with Crippen molar-refractivity contribution in [3.8, 4) is 0 Å². The molecule has 0 saturated carbocycles. The van der Waals surface area contributed by atoms with Crippen LogP contribution in [0.1, 0.15) is 46.0 Å². The molecule has 0 aliphatic carbocycles. The number of esters is 1. The van der Waals surface area contributed by atoms with Crippen LogP contribution in [0.15, 0.2) is 0 Å². The van der Waals surface area contributed by atoms with Gasteiger partial charge in [0.25, 0.3) is 0 Å². The van der Waals surface area contributed by atoms with Crippen molar-refractivity contribution in [1.82, 2.24) is 0 Å². The molecule has 1 aliphatic rings. The summed E-state index contributed by atoms with van der Waals surface area (Å²) in [5, 5.41) is 0. The standard InChI is InChI=1S/C15H29NO4/c1-3-20-14(17)15(2,16)8-4-5-9-19-12-13-6-10-18-11-7-13/h13H,3-12,16H2,1-2H3. The number of unbranched alkanes of at least 4 members (excludes halogenated alkanes) is 1. The maximum absolute atomic E-state index is 11.6. The summed E-state index contributed by atoms with van der Waals surface area (Å²) < 4.78 is 16.0.